The SMILES string of the molecule is C=CS(=O)Cc1cccc(F)c1.CS(=O)OCCS(=O)CC1=CCCC(F)=C1. The van der Waals surface area contributed by atoms with Gasteiger partial charge < -0.3 is 0 Å². The lowest BCUT2D eigenvalue weighted by Gasteiger charge is -2.08. The zero-order valence-corrected chi connectivity index (χ0v) is 18.1. The molecule has 0 amide bonds. The second kappa shape index (κ2) is 13.8. The third kappa shape index (κ3) is 11.5. The van der Waals surface area contributed by atoms with E-state index >= 15 is 0 Å². The number of hydrogen-bond acceptors (Lipinski definition) is 4. The Morgan fingerprint density at radius 2 is 1.96 bits per heavy atom. The van der Waals surface area contributed by atoms with Gasteiger partial charge in [0.2, 0.25) is 0 Å². The molecule has 0 bridgehead atoms. The minimum absolute atomic E-state index is 0.152. The Hall–Kier alpha value is -1.29. The highest BCUT2D eigenvalue weighted by Gasteiger charge is 2.08. The molecule has 0 saturated heterocycles. The summed E-state index contributed by atoms with van der Waals surface area (Å²) in [6.07, 6.45) is 5.88. The molecular weight excluding hydrogens is 426 g/mol. The molecule has 1 aromatic carbocycles. The van der Waals surface area contributed by atoms with E-state index in [0.717, 1.165) is 11.1 Å². The molecule has 0 radical (unpaired) electrons. The summed E-state index contributed by atoms with van der Waals surface area (Å²) >= 11 is -1.32. The van der Waals surface area contributed by atoms with Crippen molar-refractivity contribution in [1.29, 1.82) is 0 Å². The predicted molar refractivity (Wildman–Crippen MR) is 113 cm³/mol. The van der Waals surface area contributed by atoms with Crippen LogP contribution in [0.4, 0.5) is 8.78 Å². The Labute approximate surface area is 172 Å². The molecule has 3 atom stereocenters. The van der Waals surface area contributed by atoms with Crippen molar-refractivity contribution in [2.45, 2.75) is 18.6 Å². The van der Waals surface area contributed by atoms with Gasteiger partial charge in [0, 0.05) is 45.8 Å². The van der Waals surface area contributed by atoms with Crippen LogP contribution in [-0.2, 0) is 42.6 Å². The van der Waals surface area contributed by atoms with Crippen molar-refractivity contribution < 1.29 is 25.6 Å². The van der Waals surface area contributed by atoms with Crippen molar-refractivity contribution in [2.24, 2.45) is 0 Å². The minimum Gasteiger partial charge on any atom is -0.290 e. The Bertz CT molecular complexity index is 791. The fourth-order valence-electron chi connectivity index (χ4n) is 2.18. The van der Waals surface area contributed by atoms with Gasteiger partial charge in [0.15, 0.2) is 11.1 Å². The summed E-state index contributed by atoms with van der Waals surface area (Å²) in [6.45, 7) is 3.59. The molecule has 0 aromatic heterocycles. The summed E-state index contributed by atoms with van der Waals surface area (Å²) in [5.41, 5.74) is 1.51. The minimum atomic E-state index is -1.32. The van der Waals surface area contributed by atoms with Crippen LogP contribution in [0.2, 0.25) is 0 Å². The number of hydrogen-bond donors (Lipinski definition) is 0. The fourth-order valence-corrected chi connectivity index (χ4v) is 4.22. The van der Waals surface area contributed by atoms with E-state index in [0.29, 0.717) is 30.1 Å². The molecule has 1 aliphatic rings. The summed E-state index contributed by atoms with van der Waals surface area (Å²) in [6, 6.07) is 6.08. The topological polar surface area (TPSA) is 60.4 Å². The molecule has 1 aromatic rings. The van der Waals surface area contributed by atoms with Gasteiger partial charge in [-0.25, -0.2) is 13.0 Å². The smallest absolute Gasteiger partial charge is 0.152 e. The molecule has 0 spiro atoms. The van der Waals surface area contributed by atoms with E-state index in [2.05, 4.69) is 6.58 Å². The predicted octanol–water partition coefficient (Wildman–Crippen LogP) is 3.84. The average Bonchev–Trinajstić information content (AvgIpc) is 2.62. The monoisotopic (exact) mass is 450 g/mol. The van der Waals surface area contributed by atoms with Crippen LogP contribution in [0.5, 0.6) is 0 Å². The highest BCUT2D eigenvalue weighted by atomic mass is 32.2. The summed E-state index contributed by atoms with van der Waals surface area (Å²) in [5.74, 6) is 0.551. The molecule has 28 heavy (non-hydrogen) atoms. The summed E-state index contributed by atoms with van der Waals surface area (Å²) in [4.78, 5) is 0. The first-order valence-corrected chi connectivity index (χ1v) is 12.8. The normalized spacial score (nSPS) is 16.7. The largest absolute Gasteiger partial charge is 0.290 e. The van der Waals surface area contributed by atoms with Gasteiger partial charge in [0.05, 0.1) is 12.4 Å². The first-order chi connectivity index (χ1) is 13.3. The first kappa shape index (κ1) is 24.7. The van der Waals surface area contributed by atoms with Gasteiger partial charge in [0.1, 0.15) is 11.6 Å². The highest BCUT2D eigenvalue weighted by molar-refractivity contribution is 7.87. The summed E-state index contributed by atoms with van der Waals surface area (Å²) in [5, 5.41) is 1.35. The van der Waals surface area contributed by atoms with Crippen molar-refractivity contribution in [3.63, 3.8) is 0 Å². The molecule has 0 heterocycles. The quantitative estimate of drug-likeness (QED) is 0.574. The van der Waals surface area contributed by atoms with Crippen LogP contribution < -0.4 is 0 Å². The molecular formula is C19H24F2O4S3. The Morgan fingerprint density at radius 1 is 1.21 bits per heavy atom. The van der Waals surface area contributed by atoms with Crippen molar-refractivity contribution in [1.82, 2.24) is 0 Å². The summed E-state index contributed by atoms with van der Waals surface area (Å²) < 4.78 is 63.4. The van der Waals surface area contributed by atoms with E-state index in [1.165, 1.54) is 29.9 Å². The maximum Gasteiger partial charge on any atom is 0.152 e. The van der Waals surface area contributed by atoms with Gasteiger partial charge in [-0.1, -0.05) is 24.8 Å². The van der Waals surface area contributed by atoms with E-state index < -0.39 is 32.7 Å². The lowest BCUT2D eigenvalue weighted by Crippen LogP contribution is -2.11. The Kier molecular flexibility index (Phi) is 12.2. The highest BCUT2D eigenvalue weighted by Crippen LogP contribution is 2.18. The summed E-state index contributed by atoms with van der Waals surface area (Å²) in [7, 11) is -2.18. The average molecular weight is 451 g/mol. The van der Waals surface area contributed by atoms with Gasteiger partial charge in [-0.2, -0.15) is 0 Å². The zero-order valence-electron chi connectivity index (χ0n) is 15.6. The van der Waals surface area contributed by atoms with Gasteiger partial charge >= 0.3 is 0 Å². The van der Waals surface area contributed by atoms with Gasteiger partial charge in [-0.15, -0.1) is 0 Å². The molecule has 0 fully saturated rings. The molecule has 0 aliphatic heterocycles. The van der Waals surface area contributed by atoms with Crippen molar-refractivity contribution in [3.8, 4) is 0 Å². The van der Waals surface area contributed by atoms with E-state index in [1.54, 1.807) is 12.1 Å². The van der Waals surface area contributed by atoms with Crippen LogP contribution in [0.25, 0.3) is 0 Å². The fraction of sp³-hybridized carbons (Fsp3) is 0.368. The second-order valence-electron chi connectivity index (χ2n) is 5.74. The van der Waals surface area contributed by atoms with Gasteiger partial charge in [-0.05, 0) is 41.2 Å². The molecule has 1 aliphatic carbocycles. The van der Waals surface area contributed by atoms with Crippen molar-refractivity contribution in [3.05, 3.63) is 71.2 Å². The zero-order chi connectivity index (χ0) is 20.9. The lowest BCUT2D eigenvalue weighted by molar-refractivity contribution is 0.377. The number of allylic oxidation sites excluding steroid dienone is 3. The number of rotatable bonds is 9. The third-order valence-corrected chi connectivity index (χ3v) is 6.17. The van der Waals surface area contributed by atoms with E-state index in [1.807, 2.05) is 6.08 Å². The van der Waals surface area contributed by atoms with Crippen LogP contribution in [0.3, 0.4) is 0 Å². The Morgan fingerprint density at radius 3 is 2.57 bits per heavy atom. The van der Waals surface area contributed by atoms with Crippen LogP contribution in [0.15, 0.2) is 59.8 Å². The molecule has 4 nitrogen and oxygen atoms in total. The third-order valence-electron chi connectivity index (χ3n) is 3.40. The van der Waals surface area contributed by atoms with Gasteiger partial charge in [-0.3, -0.25) is 12.6 Å². The number of benzene rings is 1. The maximum absolute atomic E-state index is 12.9. The second-order valence-corrected chi connectivity index (χ2v) is 9.74. The van der Waals surface area contributed by atoms with Crippen molar-refractivity contribution in [2.75, 3.05) is 24.4 Å². The van der Waals surface area contributed by atoms with E-state index in [9.17, 15) is 21.4 Å². The lowest BCUT2D eigenvalue weighted by atomic mass is 10.1. The van der Waals surface area contributed by atoms with E-state index in [4.69, 9.17) is 4.18 Å². The maximum atomic E-state index is 12.9. The van der Waals surface area contributed by atoms with Crippen LogP contribution in [0.1, 0.15) is 18.4 Å². The first-order valence-electron chi connectivity index (χ1n) is 8.41. The molecule has 3 unspecified atom stereocenters. The van der Waals surface area contributed by atoms with Crippen molar-refractivity contribution >= 4 is 32.7 Å². The molecule has 156 valence electrons. The standard InChI is InChI=1S/C10H15FO3S2.C9H9FOS/c1-15(12)14-5-6-16(13)8-9-3-2-4-10(11)7-9;1-2-12(11)7-8-4-3-5-9(10)6-8/h3,7H,2,4-6,8H2,1H3;2-6H,1,7H2. The van der Waals surface area contributed by atoms with Crippen LogP contribution in [-0.4, -0.2) is 37.0 Å². The molecule has 2 rings (SSSR count). The molecule has 0 N–H and O–H groups in total. The van der Waals surface area contributed by atoms with Crippen LogP contribution in [0, 0.1) is 5.82 Å². The number of halogens is 2. The van der Waals surface area contributed by atoms with Gasteiger partial charge in [0.25, 0.3) is 0 Å². The van der Waals surface area contributed by atoms with E-state index in [-0.39, 0.29) is 18.3 Å². The Balaban J connectivity index is 0.000000292. The van der Waals surface area contributed by atoms with Crippen LogP contribution >= 0.6 is 0 Å². The molecule has 9 heteroatoms. The molecule has 0 saturated carbocycles.